The standard InChI is InChI=1S/C17H38O4P2/c1-6-11-14-17(15-12-7-2,16-13-8-3)22-21-23(18,19-9-4)20-10-5/h22H,6-16H2,1-5H3. The highest BCUT2D eigenvalue weighted by Gasteiger charge is 2.34. The van der Waals surface area contributed by atoms with Gasteiger partial charge in [-0.05, 0) is 33.1 Å². The van der Waals surface area contributed by atoms with Crippen molar-refractivity contribution in [1.29, 1.82) is 0 Å². The predicted molar refractivity (Wildman–Crippen MR) is 102 cm³/mol. The third kappa shape index (κ3) is 10.2. The predicted octanol–water partition coefficient (Wildman–Crippen LogP) is 7.09. The van der Waals surface area contributed by atoms with Gasteiger partial charge in [-0.15, -0.1) is 0 Å². The summed E-state index contributed by atoms with van der Waals surface area (Å²) >= 11 is 0. The molecule has 0 amide bonds. The molecular formula is C17H38O4P2. The van der Waals surface area contributed by atoms with Crippen molar-refractivity contribution in [2.45, 2.75) is 97.6 Å². The molecule has 4 nitrogen and oxygen atoms in total. The first kappa shape index (κ1) is 23.5. The van der Waals surface area contributed by atoms with Crippen molar-refractivity contribution in [3.05, 3.63) is 0 Å². The maximum Gasteiger partial charge on any atom is 0.477 e. The molecule has 0 N–H and O–H groups in total. The number of rotatable bonds is 16. The molecule has 0 heterocycles. The number of unbranched alkanes of at least 4 members (excludes halogenated alkanes) is 3. The maximum absolute atomic E-state index is 12.6. The molecule has 0 aromatic heterocycles. The first-order valence-corrected chi connectivity index (χ1v) is 11.7. The van der Waals surface area contributed by atoms with E-state index in [2.05, 4.69) is 20.8 Å². The Morgan fingerprint density at radius 1 is 0.783 bits per heavy atom. The van der Waals surface area contributed by atoms with Crippen molar-refractivity contribution in [2.75, 3.05) is 13.2 Å². The van der Waals surface area contributed by atoms with Crippen molar-refractivity contribution in [3.8, 4) is 0 Å². The minimum Gasteiger partial charge on any atom is -0.287 e. The number of hydrogen-bond donors (Lipinski definition) is 0. The lowest BCUT2D eigenvalue weighted by atomic mass is 9.90. The second-order valence-corrected chi connectivity index (χ2v) is 9.47. The summed E-state index contributed by atoms with van der Waals surface area (Å²) in [5.41, 5.74) is 0. The monoisotopic (exact) mass is 368 g/mol. The van der Waals surface area contributed by atoms with Gasteiger partial charge in [-0.3, -0.25) is 13.4 Å². The SMILES string of the molecule is CCCCC(CCCC)(CCCC)POP(=O)(OCC)OCC. The van der Waals surface area contributed by atoms with Crippen LogP contribution in [0, 0.1) is 0 Å². The summed E-state index contributed by atoms with van der Waals surface area (Å²) in [6, 6.07) is 0. The fraction of sp³-hybridized carbons (Fsp3) is 1.00. The van der Waals surface area contributed by atoms with Crippen LogP contribution < -0.4 is 0 Å². The van der Waals surface area contributed by atoms with Crippen molar-refractivity contribution < 1.29 is 17.9 Å². The molecule has 0 aromatic rings. The molecule has 0 saturated carbocycles. The Balaban J connectivity index is 5.01. The van der Waals surface area contributed by atoms with Crippen molar-refractivity contribution in [2.24, 2.45) is 0 Å². The number of hydrogen-bond acceptors (Lipinski definition) is 4. The third-order valence-corrected chi connectivity index (χ3v) is 7.57. The van der Waals surface area contributed by atoms with Gasteiger partial charge in [-0.1, -0.05) is 59.3 Å². The summed E-state index contributed by atoms with van der Waals surface area (Å²) in [4.78, 5) is 0. The van der Waals surface area contributed by atoms with E-state index in [4.69, 9.17) is 13.4 Å². The fourth-order valence-corrected chi connectivity index (χ4v) is 5.82. The van der Waals surface area contributed by atoms with Gasteiger partial charge in [-0.25, -0.2) is 4.57 Å². The fourth-order valence-electron chi connectivity index (χ4n) is 2.63. The quantitative estimate of drug-likeness (QED) is 0.273. The Morgan fingerprint density at radius 3 is 1.48 bits per heavy atom. The van der Waals surface area contributed by atoms with Gasteiger partial charge in [0.2, 0.25) is 0 Å². The van der Waals surface area contributed by atoms with E-state index in [1.54, 1.807) is 0 Å². The summed E-state index contributed by atoms with van der Waals surface area (Å²) in [5, 5.41) is 0.131. The van der Waals surface area contributed by atoms with Gasteiger partial charge in [0.15, 0.2) is 0 Å². The maximum atomic E-state index is 12.6. The van der Waals surface area contributed by atoms with Gasteiger partial charge in [0.05, 0.1) is 13.2 Å². The Bertz CT molecular complexity index is 292. The second-order valence-electron chi connectivity index (χ2n) is 6.07. The van der Waals surface area contributed by atoms with Crippen LogP contribution in [-0.2, 0) is 17.9 Å². The average molecular weight is 368 g/mol. The summed E-state index contributed by atoms with van der Waals surface area (Å²) < 4.78 is 29.0. The lowest BCUT2D eigenvalue weighted by Gasteiger charge is -2.34. The Kier molecular flexibility index (Phi) is 14.1. The van der Waals surface area contributed by atoms with Gasteiger partial charge in [0.1, 0.15) is 0 Å². The molecule has 0 aliphatic rings. The van der Waals surface area contributed by atoms with E-state index in [-0.39, 0.29) is 14.0 Å². The molecule has 0 spiro atoms. The van der Waals surface area contributed by atoms with E-state index < -0.39 is 7.82 Å². The highest BCUT2D eigenvalue weighted by Crippen LogP contribution is 2.59. The van der Waals surface area contributed by atoms with Crippen LogP contribution >= 0.6 is 16.6 Å². The molecule has 1 unspecified atom stereocenters. The summed E-state index contributed by atoms with van der Waals surface area (Å²) in [5.74, 6) is 0. The van der Waals surface area contributed by atoms with Crippen LogP contribution in [0.2, 0.25) is 0 Å². The van der Waals surface area contributed by atoms with Crippen LogP contribution in [0.1, 0.15) is 92.4 Å². The minimum atomic E-state index is -3.40. The van der Waals surface area contributed by atoms with Crippen LogP contribution in [0.15, 0.2) is 0 Å². The molecule has 6 heteroatoms. The van der Waals surface area contributed by atoms with E-state index in [9.17, 15) is 4.57 Å². The van der Waals surface area contributed by atoms with E-state index in [0.717, 1.165) is 19.3 Å². The topological polar surface area (TPSA) is 44.8 Å². The highest BCUT2D eigenvalue weighted by atomic mass is 31.2. The van der Waals surface area contributed by atoms with Crippen LogP contribution in [0.3, 0.4) is 0 Å². The molecule has 140 valence electrons. The van der Waals surface area contributed by atoms with Crippen molar-refractivity contribution >= 4 is 16.6 Å². The molecule has 0 fully saturated rings. The average Bonchev–Trinajstić information content (AvgIpc) is 2.54. The lowest BCUT2D eigenvalue weighted by molar-refractivity contribution is 0.171. The lowest BCUT2D eigenvalue weighted by Crippen LogP contribution is -2.24. The molecule has 0 bridgehead atoms. The number of phosphoric acid groups is 1. The van der Waals surface area contributed by atoms with Crippen molar-refractivity contribution in [1.82, 2.24) is 0 Å². The van der Waals surface area contributed by atoms with E-state index in [1.807, 2.05) is 13.8 Å². The first-order valence-electron chi connectivity index (χ1n) is 9.36. The van der Waals surface area contributed by atoms with E-state index >= 15 is 0 Å². The number of phosphoric ester groups is 1. The van der Waals surface area contributed by atoms with Crippen molar-refractivity contribution in [3.63, 3.8) is 0 Å². The Labute approximate surface area is 145 Å². The molecule has 0 rings (SSSR count). The molecule has 1 atom stereocenters. The largest absolute Gasteiger partial charge is 0.477 e. The smallest absolute Gasteiger partial charge is 0.287 e. The summed E-state index contributed by atoms with van der Waals surface area (Å²) in [6.45, 7) is 11.0. The Morgan fingerprint density at radius 2 is 1.17 bits per heavy atom. The first-order chi connectivity index (χ1) is 11.0. The normalized spacial score (nSPS) is 13.3. The van der Waals surface area contributed by atoms with Gasteiger partial charge in [0.25, 0.3) is 0 Å². The zero-order valence-electron chi connectivity index (χ0n) is 15.9. The molecule has 0 saturated heterocycles. The molecule has 0 aromatic carbocycles. The van der Waals surface area contributed by atoms with Crippen LogP contribution in [-0.4, -0.2) is 18.4 Å². The van der Waals surface area contributed by atoms with Gasteiger partial charge in [0, 0.05) is 14.0 Å². The van der Waals surface area contributed by atoms with Gasteiger partial charge in [-0.2, -0.15) is 0 Å². The second kappa shape index (κ2) is 13.8. The Hall–Kier alpha value is 0.540. The third-order valence-electron chi connectivity index (χ3n) is 3.98. The summed E-state index contributed by atoms with van der Waals surface area (Å²) in [6.07, 6.45) is 10.5. The molecule has 0 aliphatic carbocycles. The zero-order valence-corrected chi connectivity index (χ0v) is 17.8. The van der Waals surface area contributed by atoms with Crippen LogP contribution in [0.5, 0.6) is 0 Å². The van der Waals surface area contributed by atoms with Crippen LogP contribution in [0.4, 0.5) is 0 Å². The zero-order chi connectivity index (χ0) is 17.6. The van der Waals surface area contributed by atoms with E-state index in [0.29, 0.717) is 13.2 Å². The molecule has 0 radical (unpaired) electrons. The van der Waals surface area contributed by atoms with Gasteiger partial charge >= 0.3 is 7.82 Å². The van der Waals surface area contributed by atoms with Gasteiger partial charge < -0.3 is 0 Å². The highest BCUT2D eigenvalue weighted by molar-refractivity contribution is 7.56. The minimum absolute atomic E-state index is 0.131. The van der Waals surface area contributed by atoms with E-state index in [1.165, 1.54) is 38.5 Å². The summed E-state index contributed by atoms with van der Waals surface area (Å²) in [7, 11) is -3.22. The molecule has 23 heavy (non-hydrogen) atoms. The molecule has 0 aliphatic heterocycles. The molecular weight excluding hydrogens is 330 g/mol. The van der Waals surface area contributed by atoms with Crippen LogP contribution in [0.25, 0.3) is 0 Å².